The van der Waals surface area contributed by atoms with Gasteiger partial charge in [-0.25, -0.2) is 0 Å². The Morgan fingerprint density at radius 2 is 1.90 bits per heavy atom. The Morgan fingerprint density at radius 1 is 1.15 bits per heavy atom. The van der Waals surface area contributed by atoms with Crippen molar-refractivity contribution in [1.82, 2.24) is 0 Å². The van der Waals surface area contributed by atoms with E-state index >= 15 is 0 Å². The highest BCUT2D eigenvalue weighted by Gasteiger charge is 2.31. The Bertz CT molecular complexity index is 550. The van der Waals surface area contributed by atoms with Crippen LogP contribution < -0.4 is 4.90 Å². The molecule has 1 aliphatic carbocycles. The van der Waals surface area contributed by atoms with Gasteiger partial charge in [0.05, 0.1) is 4.92 Å². The van der Waals surface area contributed by atoms with Crippen molar-refractivity contribution in [2.75, 3.05) is 4.90 Å². The molecule has 1 amide bonds. The van der Waals surface area contributed by atoms with Crippen LogP contribution in [0.5, 0.6) is 0 Å². The van der Waals surface area contributed by atoms with Gasteiger partial charge in [-0.1, -0.05) is 19.3 Å². The van der Waals surface area contributed by atoms with E-state index in [0.29, 0.717) is 12.8 Å². The minimum Gasteiger partial charge on any atom is -0.309 e. The Labute approximate surface area is 117 Å². The molecule has 0 atom stereocenters. The first-order valence-electron chi connectivity index (χ1n) is 7.26. The molecule has 1 aromatic rings. The molecule has 0 saturated heterocycles. The second-order valence-electron chi connectivity index (χ2n) is 5.63. The lowest BCUT2D eigenvalue weighted by atomic mass is 9.90. The molecular formula is C15H18N2O3. The standard InChI is InChI=1S/C15H18N2O3/c18-15-9-6-11-10-13(17(19)20)7-8-14(11)16(15)12-4-2-1-3-5-12/h7-8,10,12H,1-6,9H2. The molecule has 5 nitrogen and oxygen atoms in total. The first-order chi connectivity index (χ1) is 9.66. The van der Waals surface area contributed by atoms with Gasteiger partial charge in [-0.15, -0.1) is 0 Å². The zero-order valence-corrected chi connectivity index (χ0v) is 11.4. The summed E-state index contributed by atoms with van der Waals surface area (Å²) in [5.41, 5.74) is 1.94. The van der Waals surface area contributed by atoms with Gasteiger partial charge in [-0.05, 0) is 30.9 Å². The minimum absolute atomic E-state index is 0.113. The zero-order valence-electron chi connectivity index (χ0n) is 11.4. The number of nitro groups is 1. The highest BCUT2D eigenvalue weighted by molar-refractivity contribution is 5.97. The van der Waals surface area contributed by atoms with E-state index in [2.05, 4.69) is 0 Å². The minimum atomic E-state index is -0.373. The molecule has 1 heterocycles. The fourth-order valence-corrected chi connectivity index (χ4v) is 3.36. The topological polar surface area (TPSA) is 63.4 Å². The van der Waals surface area contributed by atoms with Crippen molar-refractivity contribution < 1.29 is 9.72 Å². The summed E-state index contributed by atoms with van der Waals surface area (Å²) in [6.45, 7) is 0. The third-order valence-corrected chi connectivity index (χ3v) is 4.35. The number of benzene rings is 1. The van der Waals surface area contributed by atoms with Crippen molar-refractivity contribution in [3.05, 3.63) is 33.9 Å². The maximum absolute atomic E-state index is 12.3. The summed E-state index contributed by atoms with van der Waals surface area (Å²) >= 11 is 0. The highest BCUT2D eigenvalue weighted by atomic mass is 16.6. The fourth-order valence-electron chi connectivity index (χ4n) is 3.36. The van der Waals surface area contributed by atoms with Crippen LogP contribution >= 0.6 is 0 Å². The Hall–Kier alpha value is -1.91. The molecule has 0 unspecified atom stereocenters. The lowest BCUT2D eigenvalue weighted by molar-refractivity contribution is -0.384. The summed E-state index contributed by atoms with van der Waals surface area (Å²) < 4.78 is 0. The number of carbonyl (C=O) groups excluding carboxylic acids is 1. The van der Waals surface area contributed by atoms with Crippen LogP contribution in [0.25, 0.3) is 0 Å². The third kappa shape index (κ3) is 2.28. The van der Waals surface area contributed by atoms with Gasteiger partial charge >= 0.3 is 0 Å². The van der Waals surface area contributed by atoms with Crippen LogP contribution in [-0.2, 0) is 11.2 Å². The van der Waals surface area contributed by atoms with Crippen LogP contribution in [0.4, 0.5) is 11.4 Å². The molecule has 5 heteroatoms. The largest absolute Gasteiger partial charge is 0.309 e. The lowest BCUT2D eigenvalue weighted by Crippen LogP contribution is -2.44. The van der Waals surface area contributed by atoms with Crippen LogP contribution in [0, 0.1) is 10.1 Å². The smallest absolute Gasteiger partial charge is 0.269 e. The number of amides is 1. The van der Waals surface area contributed by atoms with E-state index in [1.54, 1.807) is 12.1 Å². The third-order valence-electron chi connectivity index (χ3n) is 4.35. The summed E-state index contributed by atoms with van der Waals surface area (Å²) in [7, 11) is 0. The predicted octanol–water partition coefficient (Wildman–Crippen LogP) is 3.21. The van der Waals surface area contributed by atoms with Gasteiger partial charge in [-0.2, -0.15) is 0 Å². The van der Waals surface area contributed by atoms with Crippen molar-refractivity contribution in [2.24, 2.45) is 0 Å². The van der Waals surface area contributed by atoms with E-state index in [4.69, 9.17) is 0 Å². The predicted molar refractivity (Wildman–Crippen MR) is 75.8 cm³/mol. The Balaban J connectivity index is 1.96. The molecule has 1 saturated carbocycles. The number of aryl methyl sites for hydroxylation is 1. The van der Waals surface area contributed by atoms with E-state index in [1.807, 2.05) is 4.90 Å². The van der Waals surface area contributed by atoms with Crippen molar-refractivity contribution in [3.63, 3.8) is 0 Å². The summed E-state index contributed by atoms with van der Waals surface area (Å²) in [6, 6.07) is 5.15. The first kappa shape index (κ1) is 13.1. The second kappa shape index (κ2) is 5.23. The Morgan fingerprint density at radius 3 is 2.60 bits per heavy atom. The number of anilines is 1. The highest BCUT2D eigenvalue weighted by Crippen LogP contribution is 2.35. The van der Waals surface area contributed by atoms with E-state index in [-0.39, 0.29) is 22.6 Å². The molecule has 0 bridgehead atoms. The first-order valence-corrected chi connectivity index (χ1v) is 7.26. The van der Waals surface area contributed by atoms with Gasteiger partial charge < -0.3 is 4.90 Å². The normalized spacial score (nSPS) is 19.8. The second-order valence-corrected chi connectivity index (χ2v) is 5.63. The van der Waals surface area contributed by atoms with Crippen LogP contribution in [0.15, 0.2) is 18.2 Å². The van der Waals surface area contributed by atoms with Gasteiger partial charge in [0, 0.05) is 30.3 Å². The van der Waals surface area contributed by atoms with E-state index in [0.717, 1.165) is 36.9 Å². The molecular weight excluding hydrogens is 256 g/mol. The number of carbonyl (C=O) groups is 1. The molecule has 1 aliphatic heterocycles. The van der Waals surface area contributed by atoms with Gasteiger partial charge in [0.1, 0.15) is 0 Å². The van der Waals surface area contributed by atoms with Crippen molar-refractivity contribution in [3.8, 4) is 0 Å². The van der Waals surface area contributed by atoms with E-state index in [9.17, 15) is 14.9 Å². The molecule has 0 radical (unpaired) electrons. The quantitative estimate of drug-likeness (QED) is 0.614. The van der Waals surface area contributed by atoms with Gasteiger partial charge in [0.25, 0.3) is 5.69 Å². The number of rotatable bonds is 2. The molecule has 3 rings (SSSR count). The van der Waals surface area contributed by atoms with Crippen LogP contribution in [0.1, 0.15) is 44.1 Å². The number of nitrogens with zero attached hydrogens (tertiary/aromatic N) is 2. The van der Waals surface area contributed by atoms with Crippen LogP contribution in [0.2, 0.25) is 0 Å². The van der Waals surface area contributed by atoms with Crippen molar-refractivity contribution >= 4 is 17.3 Å². The fraction of sp³-hybridized carbons (Fsp3) is 0.533. The number of nitro benzene ring substituents is 1. The molecule has 20 heavy (non-hydrogen) atoms. The van der Waals surface area contributed by atoms with Crippen LogP contribution in [0.3, 0.4) is 0 Å². The van der Waals surface area contributed by atoms with Crippen molar-refractivity contribution in [2.45, 2.75) is 51.0 Å². The zero-order chi connectivity index (χ0) is 14.1. The molecule has 0 N–H and O–H groups in total. The summed E-state index contributed by atoms with van der Waals surface area (Å²) in [6.07, 6.45) is 6.73. The summed E-state index contributed by atoms with van der Waals surface area (Å²) in [5.74, 6) is 0.165. The number of hydrogen-bond acceptors (Lipinski definition) is 3. The van der Waals surface area contributed by atoms with Gasteiger partial charge in [0.15, 0.2) is 0 Å². The molecule has 1 aromatic carbocycles. The maximum atomic E-state index is 12.3. The SMILES string of the molecule is O=C1CCc2cc([N+](=O)[O-])ccc2N1C1CCCCC1. The number of hydrogen-bond donors (Lipinski definition) is 0. The number of fused-ring (bicyclic) bond motifs is 1. The van der Waals surface area contributed by atoms with Crippen LogP contribution in [-0.4, -0.2) is 16.9 Å². The summed E-state index contributed by atoms with van der Waals surface area (Å²) in [4.78, 5) is 24.7. The lowest BCUT2D eigenvalue weighted by Gasteiger charge is -2.38. The molecule has 2 aliphatic rings. The molecule has 1 fully saturated rings. The van der Waals surface area contributed by atoms with Gasteiger partial charge in [-0.3, -0.25) is 14.9 Å². The maximum Gasteiger partial charge on any atom is 0.269 e. The number of non-ortho nitro benzene ring substituents is 1. The monoisotopic (exact) mass is 274 g/mol. The van der Waals surface area contributed by atoms with E-state index in [1.165, 1.54) is 12.5 Å². The Kier molecular flexibility index (Phi) is 3.42. The summed E-state index contributed by atoms with van der Waals surface area (Å²) in [5, 5.41) is 10.9. The average molecular weight is 274 g/mol. The molecule has 0 spiro atoms. The molecule has 106 valence electrons. The van der Waals surface area contributed by atoms with Crippen molar-refractivity contribution in [1.29, 1.82) is 0 Å². The van der Waals surface area contributed by atoms with E-state index < -0.39 is 0 Å². The average Bonchev–Trinajstić information content (AvgIpc) is 2.47. The molecule has 0 aromatic heterocycles. The van der Waals surface area contributed by atoms with Gasteiger partial charge in [0.2, 0.25) is 5.91 Å².